The summed E-state index contributed by atoms with van der Waals surface area (Å²) < 4.78 is 20.0. The highest BCUT2D eigenvalue weighted by Gasteiger charge is 2.13. The molecule has 0 atom stereocenters. The van der Waals surface area contributed by atoms with Crippen LogP contribution in [0.4, 0.5) is 4.39 Å². The van der Waals surface area contributed by atoms with Gasteiger partial charge in [0.25, 0.3) is 0 Å². The van der Waals surface area contributed by atoms with Crippen LogP contribution in [-0.4, -0.2) is 21.6 Å². The Morgan fingerprint density at radius 2 is 1.82 bits per heavy atom. The molecule has 0 bridgehead atoms. The van der Waals surface area contributed by atoms with E-state index in [0.29, 0.717) is 34.7 Å². The highest BCUT2D eigenvalue weighted by Crippen LogP contribution is 2.28. The number of aromatic amines is 1. The molecule has 4 nitrogen and oxygen atoms in total. The largest absolute Gasteiger partial charge is 0.493 e. The minimum absolute atomic E-state index is 0.0857. The topological polar surface area (TPSA) is 50.8 Å². The highest BCUT2D eigenvalue weighted by molar-refractivity contribution is 5.81. The quantitative estimate of drug-likeness (QED) is 0.486. The predicted molar refractivity (Wildman–Crippen MR) is 110 cm³/mol. The van der Waals surface area contributed by atoms with Gasteiger partial charge in [0.1, 0.15) is 22.9 Å². The van der Waals surface area contributed by atoms with Crippen LogP contribution in [0.3, 0.4) is 0 Å². The van der Waals surface area contributed by atoms with E-state index < -0.39 is 0 Å². The molecule has 4 aromatic rings. The van der Waals surface area contributed by atoms with Gasteiger partial charge in [-0.05, 0) is 29.7 Å². The van der Waals surface area contributed by atoms with E-state index in [2.05, 4.69) is 35.7 Å². The molecule has 0 radical (unpaired) electrons. The number of hydrogen-bond acceptors (Lipinski definition) is 3. The fourth-order valence-electron chi connectivity index (χ4n) is 2.91. The number of halogens is 1. The molecule has 0 aliphatic rings. The molecule has 0 saturated carbocycles. The lowest BCUT2D eigenvalue weighted by Gasteiger charge is -2.19. The van der Waals surface area contributed by atoms with Crippen LogP contribution >= 0.6 is 0 Å². The second-order valence-corrected chi connectivity index (χ2v) is 8.03. The molecule has 2 aromatic carbocycles. The van der Waals surface area contributed by atoms with E-state index in [9.17, 15) is 4.39 Å². The van der Waals surface area contributed by atoms with Crippen molar-refractivity contribution in [2.24, 2.45) is 5.41 Å². The third kappa shape index (κ3) is 3.88. The Hall–Kier alpha value is -3.21. The van der Waals surface area contributed by atoms with Crippen LogP contribution in [0.1, 0.15) is 20.8 Å². The molecule has 0 aliphatic heterocycles. The van der Waals surface area contributed by atoms with Gasteiger partial charge in [-0.15, -0.1) is 0 Å². The summed E-state index contributed by atoms with van der Waals surface area (Å²) in [6.45, 7) is 7.03. The van der Waals surface area contributed by atoms with E-state index >= 15 is 0 Å². The zero-order valence-corrected chi connectivity index (χ0v) is 16.2. The number of fused-ring (bicyclic) bond motifs is 1. The molecule has 2 heterocycles. The van der Waals surface area contributed by atoms with Crippen molar-refractivity contribution in [1.29, 1.82) is 0 Å². The van der Waals surface area contributed by atoms with Gasteiger partial charge >= 0.3 is 0 Å². The zero-order chi connectivity index (χ0) is 19.7. The first-order valence-corrected chi connectivity index (χ1v) is 9.23. The summed E-state index contributed by atoms with van der Waals surface area (Å²) in [6.07, 6.45) is 1.66. The first kappa shape index (κ1) is 18.2. The van der Waals surface area contributed by atoms with E-state index in [1.165, 1.54) is 6.07 Å². The average molecular weight is 375 g/mol. The first-order valence-electron chi connectivity index (χ1n) is 9.23. The Bertz CT molecular complexity index is 1130. The standard InChI is InChI=1S/C23H22FN3O/c1-23(2,3)14-28-17-8-6-7-15(11-17)21-26-20-12-16(13-25-22(20)27-21)18-9-4-5-10-19(18)24/h4-13H,14H2,1-3H3,(H,25,26,27). The van der Waals surface area contributed by atoms with Gasteiger partial charge in [0.15, 0.2) is 5.65 Å². The number of imidazole rings is 1. The van der Waals surface area contributed by atoms with Gasteiger partial charge < -0.3 is 9.72 Å². The molecule has 0 unspecified atom stereocenters. The number of hydrogen-bond donors (Lipinski definition) is 1. The van der Waals surface area contributed by atoms with Crippen molar-refractivity contribution in [3.8, 4) is 28.3 Å². The molecular weight excluding hydrogens is 353 g/mol. The van der Waals surface area contributed by atoms with Gasteiger partial charge in [-0.1, -0.05) is 51.1 Å². The number of pyridine rings is 1. The predicted octanol–water partition coefficient (Wildman–Crippen LogP) is 5.86. The number of nitrogens with zero attached hydrogens (tertiary/aromatic N) is 2. The second kappa shape index (κ2) is 7.08. The third-order valence-corrected chi connectivity index (χ3v) is 4.30. The minimum Gasteiger partial charge on any atom is -0.493 e. The molecule has 2 aromatic heterocycles. The van der Waals surface area contributed by atoms with Crippen molar-refractivity contribution in [3.63, 3.8) is 0 Å². The van der Waals surface area contributed by atoms with E-state index in [1.54, 1.807) is 18.3 Å². The maximum Gasteiger partial charge on any atom is 0.157 e. The van der Waals surface area contributed by atoms with Gasteiger partial charge in [0, 0.05) is 22.9 Å². The lowest BCUT2D eigenvalue weighted by Crippen LogP contribution is -2.16. The minimum atomic E-state index is -0.275. The molecule has 5 heteroatoms. The monoisotopic (exact) mass is 375 g/mol. The summed E-state index contributed by atoms with van der Waals surface area (Å²) in [4.78, 5) is 12.3. The number of ether oxygens (including phenoxy) is 1. The maximum absolute atomic E-state index is 14.1. The normalized spacial score (nSPS) is 11.7. The molecular formula is C23H22FN3O. The van der Waals surface area contributed by atoms with Crippen molar-refractivity contribution in [2.75, 3.05) is 6.61 Å². The van der Waals surface area contributed by atoms with Crippen molar-refractivity contribution < 1.29 is 9.13 Å². The van der Waals surface area contributed by atoms with Gasteiger partial charge in [0.2, 0.25) is 0 Å². The molecule has 0 fully saturated rings. The summed E-state index contributed by atoms with van der Waals surface area (Å²) in [5.74, 6) is 1.23. The van der Waals surface area contributed by atoms with Crippen LogP contribution < -0.4 is 4.74 Å². The summed E-state index contributed by atoms with van der Waals surface area (Å²) in [6, 6.07) is 16.3. The van der Waals surface area contributed by atoms with Gasteiger partial charge in [-0.25, -0.2) is 14.4 Å². The fourth-order valence-corrected chi connectivity index (χ4v) is 2.91. The van der Waals surface area contributed by atoms with E-state index in [1.807, 2.05) is 36.4 Å². The van der Waals surface area contributed by atoms with Crippen molar-refractivity contribution >= 4 is 11.2 Å². The molecule has 0 spiro atoms. The van der Waals surface area contributed by atoms with E-state index in [4.69, 9.17) is 4.74 Å². The molecule has 142 valence electrons. The van der Waals surface area contributed by atoms with Gasteiger partial charge in [0.05, 0.1) is 6.61 Å². The average Bonchev–Trinajstić information content (AvgIpc) is 3.10. The summed E-state index contributed by atoms with van der Waals surface area (Å²) >= 11 is 0. The lowest BCUT2D eigenvalue weighted by molar-refractivity contribution is 0.198. The highest BCUT2D eigenvalue weighted by atomic mass is 19.1. The number of rotatable bonds is 4. The molecule has 0 aliphatic carbocycles. The smallest absolute Gasteiger partial charge is 0.157 e. The lowest BCUT2D eigenvalue weighted by atomic mass is 9.99. The number of nitrogens with one attached hydrogen (secondary N) is 1. The van der Waals surface area contributed by atoms with Crippen molar-refractivity contribution in [2.45, 2.75) is 20.8 Å². The van der Waals surface area contributed by atoms with E-state index in [-0.39, 0.29) is 11.2 Å². The van der Waals surface area contributed by atoms with Crippen LogP contribution in [-0.2, 0) is 0 Å². The van der Waals surface area contributed by atoms with Crippen LogP contribution in [0.25, 0.3) is 33.7 Å². The molecule has 4 rings (SSSR count). The number of H-pyrrole nitrogens is 1. The summed E-state index contributed by atoms with van der Waals surface area (Å²) in [7, 11) is 0. The maximum atomic E-state index is 14.1. The number of benzene rings is 2. The van der Waals surface area contributed by atoms with Crippen LogP contribution in [0.15, 0.2) is 60.8 Å². The fraction of sp³-hybridized carbons (Fsp3) is 0.217. The van der Waals surface area contributed by atoms with Crippen molar-refractivity contribution in [3.05, 3.63) is 66.6 Å². The van der Waals surface area contributed by atoms with Crippen LogP contribution in [0.5, 0.6) is 5.75 Å². The van der Waals surface area contributed by atoms with Gasteiger partial charge in [-0.3, -0.25) is 0 Å². The molecule has 0 amide bonds. The molecule has 0 saturated heterocycles. The Balaban J connectivity index is 1.66. The summed E-state index contributed by atoms with van der Waals surface area (Å²) in [5.41, 5.74) is 3.57. The van der Waals surface area contributed by atoms with Crippen molar-refractivity contribution in [1.82, 2.24) is 15.0 Å². The zero-order valence-electron chi connectivity index (χ0n) is 16.2. The Labute approximate surface area is 163 Å². The third-order valence-electron chi connectivity index (χ3n) is 4.30. The Morgan fingerprint density at radius 3 is 2.61 bits per heavy atom. The summed E-state index contributed by atoms with van der Waals surface area (Å²) in [5, 5.41) is 0. The van der Waals surface area contributed by atoms with Gasteiger partial charge in [-0.2, -0.15) is 0 Å². The SMILES string of the molecule is CC(C)(C)COc1cccc(-c2nc3cc(-c4ccccc4F)cnc3[nH]2)c1. The molecule has 1 N–H and O–H groups in total. The Kier molecular flexibility index (Phi) is 4.59. The first-order chi connectivity index (χ1) is 13.4. The van der Waals surface area contributed by atoms with Crippen LogP contribution in [0.2, 0.25) is 0 Å². The van der Waals surface area contributed by atoms with Crippen LogP contribution in [0, 0.1) is 11.2 Å². The Morgan fingerprint density at radius 1 is 1.00 bits per heavy atom. The molecule has 28 heavy (non-hydrogen) atoms. The van der Waals surface area contributed by atoms with E-state index in [0.717, 1.165) is 11.3 Å². The second-order valence-electron chi connectivity index (χ2n) is 8.03. The number of aromatic nitrogens is 3.